The summed E-state index contributed by atoms with van der Waals surface area (Å²) < 4.78 is 51.0. The average molecular weight is 315 g/mol. The molecule has 0 unspecified atom stereocenters. The zero-order chi connectivity index (χ0) is 15.6. The van der Waals surface area contributed by atoms with Gasteiger partial charge in [-0.05, 0) is 36.4 Å². The minimum Gasteiger partial charge on any atom is -0.355 e. The number of anilines is 2. The van der Waals surface area contributed by atoms with E-state index in [0.29, 0.717) is 11.8 Å². The second kappa shape index (κ2) is 5.62. The Morgan fingerprint density at radius 1 is 1.05 bits per heavy atom. The van der Waals surface area contributed by atoms with Gasteiger partial charge in [0.05, 0.1) is 16.1 Å². The van der Waals surface area contributed by atoms with E-state index in [9.17, 15) is 17.6 Å². The van der Waals surface area contributed by atoms with Gasteiger partial charge in [-0.25, -0.2) is 4.39 Å². The molecule has 0 bridgehead atoms. The Labute approximate surface area is 122 Å². The van der Waals surface area contributed by atoms with Gasteiger partial charge in [-0.3, -0.25) is 0 Å². The number of rotatable bonds is 2. The highest BCUT2D eigenvalue weighted by Gasteiger charge is 2.34. The van der Waals surface area contributed by atoms with Gasteiger partial charge in [0, 0.05) is 11.4 Å². The smallest absolute Gasteiger partial charge is 0.355 e. The van der Waals surface area contributed by atoms with E-state index in [4.69, 9.17) is 16.9 Å². The molecule has 0 aliphatic heterocycles. The van der Waals surface area contributed by atoms with Crippen molar-refractivity contribution >= 4 is 23.0 Å². The monoisotopic (exact) mass is 314 g/mol. The summed E-state index contributed by atoms with van der Waals surface area (Å²) in [7, 11) is 0. The van der Waals surface area contributed by atoms with Crippen molar-refractivity contribution < 1.29 is 17.6 Å². The summed E-state index contributed by atoms with van der Waals surface area (Å²) in [6, 6.07) is 8.76. The molecule has 0 atom stereocenters. The number of nitriles is 1. The summed E-state index contributed by atoms with van der Waals surface area (Å²) in [4.78, 5) is 0. The fourth-order valence-corrected chi connectivity index (χ4v) is 1.89. The summed E-state index contributed by atoms with van der Waals surface area (Å²) in [5.74, 6) is -1.34. The van der Waals surface area contributed by atoms with Gasteiger partial charge in [0.25, 0.3) is 0 Å². The van der Waals surface area contributed by atoms with Crippen LogP contribution in [0.15, 0.2) is 36.4 Å². The molecule has 0 heterocycles. The molecular weight excluding hydrogens is 308 g/mol. The molecule has 2 aromatic carbocycles. The number of nitrogens with one attached hydrogen (secondary N) is 1. The van der Waals surface area contributed by atoms with Crippen molar-refractivity contribution in [3.05, 3.63) is 58.4 Å². The summed E-state index contributed by atoms with van der Waals surface area (Å²) in [6.07, 6.45) is -4.77. The predicted octanol–water partition coefficient (Wildman–Crippen LogP) is 5.11. The lowest BCUT2D eigenvalue weighted by Gasteiger charge is -2.12. The Morgan fingerprint density at radius 3 is 2.24 bits per heavy atom. The van der Waals surface area contributed by atoms with Crippen LogP contribution in [-0.4, -0.2) is 0 Å². The third-order valence-corrected chi connectivity index (χ3v) is 2.96. The van der Waals surface area contributed by atoms with Crippen molar-refractivity contribution in [2.45, 2.75) is 6.18 Å². The molecular formula is C14H7ClF4N2. The van der Waals surface area contributed by atoms with E-state index in [1.165, 1.54) is 24.3 Å². The zero-order valence-corrected chi connectivity index (χ0v) is 11.1. The lowest BCUT2D eigenvalue weighted by molar-refractivity contribution is -0.139. The molecule has 0 fully saturated rings. The maximum atomic E-state index is 13.2. The first kappa shape index (κ1) is 15.1. The van der Waals surface area contributed by atoms with E-state index in [-0.39, 0.29) is 16.3 Å². The van der Waals surface area contributed by atoms with E-state index >= 15 is 0 Å². The summed E-state index contributed by atoms with van der Waals surface area (Å²) in [5, 5.41) is 11.6. The fourth-order valence-electron chi connectivity index (χ4n) is 1.67. The first-order valence-corrected chi connectivity index (χ1v) is 6.02. The van der Waals surface area contributed by atoms with Crippen LogP contribution < -0.4 is 5.32 Å². The molecule has 0 aromatic heterocycles. The molecule has 2 nitrogen and oxygen atoms in total. The highest BCUT2D eigenvalue weighted by molar-refractivity contribution is 6.32. The molecule has 21 heavy (non-hydrogen) atoms. The number of hydrogen-bond acceptors (Lipinski definition) is 2. The Bertz CT molecular complexity index is 720. The van der Waals surface area contributed by atoms with Crippen LogP contribution in [0, 0.1) is 17.1 Å². The number of alkyl halides is 3. The largest absolute Gasteiger partial charge is 0.419 e. The molecule has 0 saturated heterocycles. The van der Waals surface area contributed by atoms with Crippen molar-refractivity contribution in [2.24, 2.45) is 0 Å². The van der Waals surface area contributed by atoms with Crippen LogP contribution in [0.4, 0.5) is 28.9 Å². The molecule has 108 valence electrons. The SMILES string of the molecule is N#Cc1ccc(Nc2ccc(F)c(C(F)(F)F)c2)cc1Cl. The lowest BCUT2D eigenvalue weighted by Crippen LogP contribution is -2.08. The first-order chi connectivity index (χ1) is 9.81. The average Bonchev–Trinajstić information content (AvgIpc) is 2.40. The van der Waals surface area contributed by atoms with Gasteiger partial charge in [0.15, 0.2) is 0 Å². The third-order valence-electron chi connectivity index (χ3n) is 2.65. The van der Waals surface area contributed by atoms with E-state index in [1.807, 2.05) is 6.07 Å². The number of benzene rings is 2. The van der Waals surface area contributed by atoms with Gasteiger partial charge in [0.2, 0.25) is 0 Å². The molecule has 0 spiro atoms. The van der Waals surface area contributed by atoms with Crippen LogP contribution in [0.5, 0.6) is 0 Å². The number of hydrogen-bond donors (Lipinski definition) is 1. The summed E-state index contributed by atoms with van der Waals surface area (Å²) in [6.45, 7) is 0. The quantitative estimate of drug-likeness (QED) is 0.782. The molecule has 2 rings (SSSR count). The molecule has 0 amide bonds. The Morgan fingerprint density at radius 2 is 1.67 bits per heavy atom. The molecule has 2 aromatic rings. The van der Waals surface area contributed by atoms with Crippen molar-refractivity contribution in [3.8, 4) is 6.07 Å². The van der Waals surface area contributed by atoms with Crippen molar-refractivity contribution in [1.29, 1.82) is 5.26 Å². The minimum atomic E-state index is -4.77. The van der Waals surface area contributed by atoms with Gasteiger partial charge in [-0.1, -0.05) is 11.6 Å². The Kier molecular flexibility index (Phi) is 4.05. The first-order valence-electron chi connectivity index (χ1n) is 5.64. The molecule has 0 radical (unpaired) electrons. The van der Waals surface area contributed by atoms with Gasteiger partial charge in [-0.2, -0.15) is 18.4 Å². The van der Waals surface area contributed by atoms with E-state index in [1.54, 1.807) is 0 Å². The molecule has 0 saturated carbocycles. The summed E-state index contributed by atoms with van der Waals surface area (Å²) >= 11 is 5.82. The molecule has 0 aliphatic rings. The normalized spacial score (nSPS) is 11.0. The van der Waals surface area contributed by atoms with Crippen molar-refractivity contribution in [3.63, 3.8) is 0 Å². The van der Waals surface area contributed by atoms with Crippen LogP contribution in [0.1, 0.15) is 11.1 Å². The standard InChI is InChI=1S/C14H7ClF4N2/c15-12-6-10(2-1-8(12)7-20)21-9-3-4-13(16)11(5-9)14(17,18)19/h1-6,21H. The van der Waals surface area contributed by atoms with Gasteiger partial charge < -0.3 is 5.32 Å². The molecule has 1 N–H and O–H groups in total. The summed E-state index contributed by atoms with van der Waals surface area (Å²) in [5.41, 5.74) is -0.659. The maximum Gasteiger partial charge on any atom is 0.419 e. The van der Waals surface area contributed by atoms with Crippen LogP contribution in [0.3, 0.4) is 0 Å². The highest BCUT2D eigenvalue weighted by atomic mass is 35.5. The number of nitrogens with zero attached hydrogens (tertiary/aromatic N) is 1. The zero-order valence-electron chi connectivity index (χ0n) is 10.3. The number of halogens is 5. The van der Waals surface area contributed by atoms with E-state index in [0.717, 1.165) is 6.07 Å². The molecule has 7 heteroatoms. The second-order valence-electron chi connectivity index (χ2n) is 4.12. The van der Waals surface area contributed by atoms with Gasteiger partial charge in [-0.15, -0.1) is 0 Å². The van der Waals surface area contributed by atoms with Crippen molar-refractivity contribution in [2.75, 3.05) is 5.32 Å². The van der Waals surface area contributed by atoms with Gasteiger partial charge in [0.1, 0.15) is 11.9 Å². The van der Waals surface area contributed by atoms with Crippen LogP contribution in [-0.2, 0) is 6.18 Å². The third kappa shape index (κ3) is 3.44. The lowest BCUT2D eigenvalue weighted by atomic mass is 10.1. The fraction of sp³-hybridized carbons (Fsp3) is 0.0714. The van der Waals surface area contributed by atoms with Crippen LogP contribution in [0.2, 0.25) is 5.02 Å². The van der Waals surface area contributed by atoms with Crippen LogP contribution >= 0.6 is 11.6 Å². The predicted molar refractivity (Wildman–Crippen MR) is 70.9 cm³/mol. The van der Waals surface area contributed by atoms with Crippen LogP contribution in [0.25, 0.3) is 0 Å². The maximum absolute atomic E-state index is 13.2. The van der Waals surface area contributed by atoms with Crippen molar-refractivity contribution in [1.82, 2.24) is 0 Å². The highest BCUT2D eigenvalue weighted by Crippen LogP contribution is 2.34. The Balaban J connectivity index is 2.33. The molecule has 0 aliphatic carbocycles. The Hall–Kier alpha value is -2.26. The van der Waals surface area contributed by atoms with E-state index < -0.39 is 17.6 Å². The topological polar surface area (TPSA) is 35.8 Å². The van der Waals surface area contributed by atoms with E-state index in [2.05, 4.69) is 5.32 Å². The van der Waals surface area contributed by atoms with Gasteiger partial charge >= 0.3 is 6.18 Å². The minimum absolute atomic E-state index is 0.0597. The second-order valence-corrected chi connectivity index (χ2v) is 4.53.